The Morgan fingerprint density at radius 2 is 1.66 bits per heavy atom. The number of carbonyl (C=O) groups excluding carboxylic acids is 2. The summed E-state index contributed by atoms with van der Waals surface area (Å²) in [4.78, 5) is 28.8. The smallest absolute Gasteiger partial charge is 0.291 e. The summed E-state index contributed by atoms with van der Waals surface area (Å²) in [5.41, 5.74) is 2.50. The zero-order valence-corrected chi connectivity index (χ0v) is 16.7. The summed E-state index contributed by atoms with van der Waals surface area (Å²) in [6.45, 7) is 6.97. The Hall–Kier alpha value is -3.28. The van der Waals surface area contributed by atoms with E-state index >= 15 is 0 Å². The van der Waals surface area contributed by atoms with Crippen molar-refractivity contribution in [3.8, 4) is 0 Å². The lowest BCUT2D eigenvalue weighted by Crippen LogP contribution is -2.49. The van der Waals surface area contributed by atoms with E-state index < -0.39 is 0 Å². The minimum absolute atomic E-state index is 0.0381. The molecule has 0 radical (unpaired) electrons. The predicted octanol–water partition coefficient (Wildman–Crippen LogP) is 3.99. The molecule has 29 heavy (non-hydrogen) atoms. The highest BCUT2D eigenvalue weighted by atomic mass is 16.3. The molecule has 1 aliphatic heterocycles. The van der Waals surface area contributed by atoms with E-state index in [0.29, 0.717) is 17.0 Å². The normalized spacial score (nSPS) is 14.4. The number of nitrogens with one attached hydrogen (secondary N) is 1. The van der Waals surface area contributed by atoms with E-state index in [0.717, 1.165) is 37.3 Å². The molecular formula is C23H25N3O3. The molecule has 150 valence electrons. The van der Waals surface area contributed by atoms with Crippen LogP contribution in [-0.4, -0.2) is 42.9 Å². The van der Waals surface area contributed by atoms with Crippen molar-refractivity contribution < 1.29 is 14.0 Å². The fourth-order valence-corrected chi connectivity index (χ4v) is 3.59. The van der Waals surface area contributed by atoms with Crippen LogP contribution in [-0.2, 0) is 4.79 Å². The Kier molecular flexibility index (Phi) is 5.25. The molecular weight excluding hydrogens is 366 g/mol. The quantitative estimate of drug-likeness (QED) is 0.730. The number of furan rings is 1. The second-order valence-electron chi connectivity index (χ2n) is 7.62. The number of para-hydroxylation sites is 1. The van der Waals surface area contributed by atoms with Gasteiger partial charge in [-0.3, -0.25) is 9.59 Å². The fraction of sp³-hybridized carbons (Fsp3) is 0.304. The van der Waals surface area contributed by atoms with E-state index in [9.17, 15) is 9.59 Å². The van der Waals surface area contributed by atoms with Crippen LogP contribution < -0.4 is 10.2 Å². The van der Waals surface area contributed by atoms with Gasteiger partial charge in [-0.25, -0.2) is 0 Å². The molecule has 2 aromatic carbocycles. The SMILES string of the molecule is CC(C)C(=O)N1CCN(c2ccc(NC(=O)c3cc4ccccc4o3)cc2)CC1. The van der Waals surface area contributed by atoms with Gasteiger partial charge in [0.05, 0.1) is 0 Å². The highest BCUT2D eigenvalue weighted by Crippen LogP contribution is 2.22. The number of nitrogens with zero attached hydrogens (tertiary/aromatic N) is 2. The van der Waals surface area contributed by atoms with Gasteiger partial charge in [-0.05, 0) is 36.4 Å². The van der Waals surface area contributed by atoms with Crippen LogP contribution >= 0.6 is 0 Å². The third-order valence-electron chi connectivity index (χ3n) is 5.22. The Morgan fingerprint density at radius 3 is 2.31 bits per heavy atom. The zero-order valence-electron chi connectivity index (χ0n) is 16.7. The lowest BCUT2D eigenvalue weighted by Gasteiger charge is -2.37. The van der Waals surface area contributed by atoms with Gasteiger partial charge in [0.15, 0.2) is 5.76 Å². The van der Waals surface area contributed by atoms with Crippen molar-refractivity contribution in [1.82, 2.24) is 4.90 Å². The van der Waals surface area contributed by atoms with Gasteiger partial charge >= 0.3 is 0 Å². The van der Waals surface area contributed by atoms with Crippen LogP contribution in [0.1, 0.15) is 24.4 Å². The number of anilines is 2. The Bertz CT molecular complexity index is 982. The summed E-state index contributed by atoms with van der Waals surface area (Å²) in [5.74, 6) is 0.278. The molecule has 0 bridgehead atoms. The molecule has 1 fully saturated rings. The second-order valence-corrected chi connectivity index (χ2v) is 7.62. The van der Waals surface area contributed by atoms with Crippen LogP contribution in [0.15, 0.2) is 59.0 Å². The van der Waals surface area contributed by atoms with Crippen LogP contribution in [0.25, 0.3) is 11.0 Å². The first-order valence-electron chi connectivity index (χ1n) is 9.95. The van der Waals surface area contributed by atoms with E-state index in [2.05, 4.69) is 10.2 Å². The Balaban J connectivity index is 1.37. The van der Waals surface area contributed by atoms with Gasteiger partial charge in [-0.2, -0.15) is 0 Å². The highest BCUT2D eigenvalue weighted by Gasteiger charge is 2.23. The summed E-state index contributed by atoms with van der Waals surface area (Å²) in [7, 11) is 0. The van der Waals surface area contributed by atoms with Gasteiger partial charge in [-0.15, -0.1) is 0 Å². The lowest BCUT2D eigenvalue weighted by molar-refractivity contribution is -0.134. The molecule has 0 spiro atoms. The van der Waals surface area contributed by atoms with Gasteiger partial charge in [0.25, 0.3) is 5.91 Å². The largest absolute Gasteiger partial charge is 0.451 e. The molecule has 0 saturated carbocycles. The van der Waals surface area contributed by atoms with Crippen molar-refractivity contribution in [1.29, 1.82) is 0 Å². The number of piperazine rings is 1. The summed E-state index contributed by atoms with van der Waals surface area (Å²) in [6, 6.07) is 17.1. The Labute approximate surface area is 170 Å². The first-order chi connectivity index (χ1) is 14.0. The van der Waals surface area contributed by atoms with E-state index in [-0.39, 0.29) is 17.7 Å². The van der Waals surface area contributed by atoms with E-state index in [1.165, 1.54) is 0 Å². The summed E-state index contributed by atoms with van der Waals surface area (Å²) < 4.78 is 5.61. The summed E-state index contributed by atoms with van der Waals surface area (Å²) in [5, 5.41) is 3.79. The third kappa shape index (κ3) is 4.11. The maximum absolute atomic E-state index is 12.5. The minimum Gasteiger partial charge on any atom is -0.451 e. The second kappa shape index (κ2) is 7.99. The summed E-state index contributed by atoms with van der Waals surface area (Å²) in [6.07, 6.45) is 0. The van der Waals surface area contributed by atoms with Crippen LogP contribution in [0, 0.1) is 5.92 Å². The van der Waals surface area contributed by atoms with E-state index in [1.807, 2.05) is 67.3 Å². The fourth-order valence-electron chi connectivity index (χ4n) is 3.59. The molecule has 4 rings (SSSR count). The van der Waals surface area contributed by atoms with Gasteiger partial charge in [0, 0.05) is 48.9 Å². The van der Waals surface area contributed by atoms with Crippen LogP contribution in [0.2, 0.25) is 0 Å². The molecule has 1 saturated heterocycles. The number of carbonyl (C=O) groups is 2. The number of rotatable bonds is 4. The highest BCUT2D eigenvalue weighted by molar-refractivity contribution is 6.04. The molecule has 0 atom stereocenters. The van der Waals surface area contributed by atoms with Gasteiger partial charge in [0.2, 0.25) is 5.91 Å². The maximum Gasteiger partial charge on any atom is 0.291 e. The average Bonchev–Trinajstić information content (AvgIpc) is 3.18. The molecule has 1 aliphatic rings. The number of benzene rings is 2. The first-order valence-corrected chi connectivity index (χ1v) is 9.95. The average molecular weight is 391 g/mol. The van der Waals surface area contributed by atoms with Crippen molar-refractivity contribution in [2.24, 2.45) is 5.92 Å². The monoisotopic (exact) mass is 391 g/mol. The molecule has 3 aromatic rings. The van der Waals surface area contributed by atoms with Crippen LogP contribution in [0.5, 0.6) is 0 Å². The molecule has 2 heterocycles. The molecule has 6 heteroatoms. The van der Waals surface area contributed by atoms with E-state index in [4.69, 9.17) is 4.42 Å². The number of hydrogen-bond donors (Lipinski definition) is 1. The Morgan fingerprint density at radius 1 is 0.966 bits per heavy atom. The minimum atomic E-state index is -0.269. The van der Waals surface area contributed by atoms with Crippen LogP contribution in [0.3, 0.4) is 0 Å². The first kappa shape index (κ1) is 19.1. The number of hydrogen-bond acceptors (Lipinski definition) is 4. The number of amides is 2. The van der Waals surface area contributed by atoms with Crippen molar-refractivity contribution in [3.63, 3.8) is 0 Å². The maximum atomic E-state index is 12.5. The molecule has 6 nitrogen and oxygen atoms in total. The molecule has 1 N–H and O–H groups in total. The van der Waals surface area contributed by atoms with Gasteiger partial charge in [-0.1, -0.05) is 32.0 Å². The van der Waals surface area contributed by atoms with Crippen molar-refractivity contribution in [2.75, 3.05) is 36.4 Å². The van der Waals surface area contributed by atoms with Gasteiger partial charge in [0.1, 0.15) is 5.58 Å². The third-order valence-corrected chi connectivity index (χ3v) is 5.22. The standard InChI is InChI=1S/C23H25N3O3/c1-16(2)23(28)26-13-11-25(12-14-26)19-9-7-18(8-10-19)24-22(27)21-15-17-5-3-4-6-20(17)29-21/h3-10,15-16H,11-14H2,1-2H3,(H,24,27). The van der Waals surface area contributed by atoms with Crippen molar-refractivity contribution in [3.05, 3.63) is 60.4 Å². The molecule has 0 aliphatic carbocycles. The summed E-state index contributed by atoms with van der Waals surface area (Å²) >= 11 is 0. The van der Waals surface area contributed by atoms with Gasteiger partial charge < -0.3 is 19.5 Å². The molecule has 0 unspecified atom stereocenters. The van der Waals surface area contributed by atoms with Crippen molar-refractivity contribution >= 4 is 34.2 Å². The van der Waals surface area contributed by atoms with Crippen LogP contribution in [0.4, 0.5) is 11.4 Å². The molecule has 2 amide bonds. The molecule has 1 aromatic heterocycles. The number of fused-ring (bicyclic) bond motifs is 1. The zero-order chi connectivity index (χ0) is 20.4. The predicted molar refractivity (Wildman–Crippen MR) is 114 cm³/mol. The van der Waals surface area contributed by atoms with Crippen molar-refractivity contribution in [2.45, 2.75) is 13.8 Å². The topological polar surface area (TPSA) is 65.8 Å². The van der Waals surface area contributed by atoms with E-state index in [1.54, 1.807) is 6.07 Å². The lowest BCUT2D eigenvalue weighted by atomic mass is 10.1.